The van der Waals surface area contributed by atoms with Crippen LogP contribution < -0.4 is 14.8 Å². The first kappa shape index (κ1) is 20.7. The Morgan fingerprint density at radius 3 is 2.73 bits per heavy atom. The molecule has 2 heterocycles. The first-order valence-electron chi connectivity index (χ1n) is 11.1. The highest BCUT2D eigenvalue weighted by molar-refractivity contribution is 5.94. The zero-order valence-electron chi connectivity index (χ0n) is 18.2. The van der Waals surface area contributed by atoms with Gasteiger partial charge in [-0.15, -0.1) is 0 Å². The second kappa shape index (κ2) is 9.09. The maximum Gasteiger partial charge on any atom is 0.238 e. The normalized spacial score (nSPS) is 19.0. The summed E-state index contributed by atoms with van der Waals surface area (Å²) >= 11 is 0. The maximum atomic E-state index is 13.0. The standard InChI is InChI=1S/C25H32N2O3/c1-17(2)20-8-4-7-18(3)25(20)26-24(28)16-27-12-5-9-21(27)19-10-11-22-23(15-19)30-14-6-13-29-22/h4,7-8,10-11,15,17,21H,5-6,9,12-14,16H2,1-3H3,(H,26,28)/t21-/m0/s1. The van der Waals surface area contributed by atoms with Gasteiger partial charge in [0.05, 0.1) is 19.8 Å². The average Bonchev–Trinajstić information content (AvgIpc) is 3.04. The molecule has 1 N–H and O–H groups in total. The Labute approximate surface area is 179 Å². The van der Waals surface area contributed by atoms with E-state index in [1.54, 1.807) is 0 Å². The molecule has 0 saturated carbocycles. The van der Waals surface area contributed by atoms with Crippen LogP contribution in [-0.2, 0) is 4.79 Å². The van der Waals surface area contributed by atoms with Gasteiger partial charge >= 0.3 is 0 Å². The number of nitrogens with one attached hydrogen (secondary N) is 1. The number of hydrogen-bond donors (Lipinski definition) is 1. The molecule has 0 unspecified atom stereocenters. The second-order valence-corrected chi connectivity index (χ2v) is 8.63. The molecule has 5 heteroatoms. The van der Waals surface area contributed by atoms with Crippen molar-refractivity contribution in [1.82, 2.24) is 4.90 Å². The molecular formula is C25H32N2O3. The van der Waals surface area contributed by atoms with Crippen molar-refractivity contribution < 1.29 is 14.3 Å². The largest absolute Gasteiger partial charge is 0.490 e. The quantitative estimate of drug-likeness (QED) is 0.752. The van der Waals surface area contributed by atoms with Crippen LogP contribution in [0.2, 0.25) is 0 Å². The number of likely N-dealkylation sites (tertiary alicyclic amines) is 1. The van der Waals surface area contributed by atoms with Gasteiger partial charge in [0.2, 0.25) is 5.91 Å². The summed E-state index contributed by atoms with van der Waals surface area (Å²) in [5.41, 5.74) is 4.45. The molecule has 2 aliphatic heterocycles. The summed E-state index contributed by atoms with van der Waals surface area (Å²) < 4.78 is 11.6. The van der Waals surface area contributed by atoms with Gasteiger partial charge in [0.1, 0.15) is 0 Å². The van der Waals surface area contributed by atoms with Gasteiger partial charge in [0, 0.05) is 18.2 Å². The molecule has 1 atom stereocenters. The number of fused-ring (bicyclic) bond motifs is 1. The van der Waals surface area contributed by atoms with Crippen molar-refractivity contribution in [2.24, 2.45) is 0 Å². The lowest BCUT2D eigenvalue weighted by Gasteiger charge is -2.25. The minimum absolute atomic E-state index is 0.0486. The minimum Gasteiger partial charge on any atom is -0.490 e. The number of amides is 1. The summed E-state index contributed by atoms with van der Waals surface area (Å²) in [7, 11) is 0. The molecule has 2 aromatic rings. The molecular weight excluding hydrogens is 376 g/mol. The monoisotopic (exact) mass is 408 g/mol. The van der Waals surface area contributed by atoms with Gasteiger partial charge in [-0.3, -0.25) is 9.69 Å². The van der Waals surface area contributed by atoms with Gasteiger partial charge in [-0.05, 0) is 61.1 Å². The third kappa shape index (κ3) is 4.46. The summed E-state index contributed by atoms with van der Waals surface area (Å²) in [6.07, 6.45) is 3.04. The average molecular weight is 409 g/mol. The number of hydrogen-bond acceptors (Lipinski definition) is 4. The molecule has 0 bridgehead atoms. The number of anilines is 1. The Morgan fingerprint density at radius 1 is 1.13 bits per heavy atom. The van der Waals surface area contributed by atoms with Gasteiger partial charge < -0.3 is 14.8 Å². The van der Waals surface area contributed by atoms with E-state index in [4.69, 9.17) is 9.47 Å². The summed E-state index contributed by atoms with van der Waals surface area (Å²) in [6.45, 7) is 9.07. The molecule has 4 rings (SSSR count). The first-order chi connectivity index (χ1) is 14.5. The fourth-order valence-electron chi connectivity index (χ4n) is 4.49. The number of aryl methyl sites for hydroxylation is 1. The van der Waals surface area contributed by atoms with E-state index < -0.39 is 0 Å². The van der Waals surface area contributed by atoms with E-state index in [-0.39, 0.29) is 11.9 Å². The van der Waals surface area contributed by atoms with Crippen molar-refractivity contribution in [3.63, 3.8) is 0 Å². The van der Waals surface area contributed by atoms with Crippen LogP contribution in [0.4, 0.5) is 5.69 Å². The molecule has 2 aliphatic rings. The molecule has 0 spiro atoms. The molecule has 0 aliphatic carbocycles. The van der Waals surface area contributed by atoms with E-state index in [0.717, 1.165) is 48.6 Å². The van der Waals surface area contributed by atoms with Crippen LogP contribution >= 0.6 is 0 Å². The number of benzene rings is 2. The molecule has 160 valence electrons. The summed E-state index contributed by atoms with van der Waals surface area (Å²) in [4.78, 5) is 15.2. The van der Waals surface area contributed by atoms with Crippen molar-refractivity contribution in [2.45, 2.75) is 52.0 Å². The third-order valence-electron chi connectivity index (χ3n) is 6.06. The van der Waals surface area contributed by atoms with Crippen molar-refractivity contribution in [3.05, 3.63) is 53.1 Å². The number of carbonyl (C=O) groups excluding carboxylic acids is 1. The molecule has 5 nitrogen and oxygen atoms in total. The van der Waals surface area contributed by atoms with Crippen LogP contribution in [0, 0.1) is 6.92 Å². The lowest BCUT2D eigenvalue weighted by molar-refractivity contribution is -0.117. The molecule has 30 heavy (non-hydrogen) atoms. The van der Waals surface area contributed by atoms with Crippen molar-refractivity contribution in [1.29, 1.82) is 0 Å². The van der Waals surface area contributed by atoms with Gasteiger partial charge in [-0.25, -0.2) is 0 Å². The number of ether oxygens (including phenoxy) is 2. The predicted molar refractivity (Wildman–Crippen MR) is 119 cm³/mol. The Morgan fingerprint density at radius 2 is 1.93 bits per heavy atom. The molecule has 1 amide bonds. The van der Waals surface area contributed by atoms with Gasteiger partial charge in [-0.2, -0.15) is 0 Å². The molecule has 0 aromatic heterocycles. The SMILES string of the molecule is Cc1cccc(C(C)C)c1NC(=O)CN1CCC[C@H]1c1ccc2c(c1)OCCCO2. The lowest BCUT2D eigenvalue weighted by atomic mass is 9.98. The van der Waals surface area contributed by atoms with E-state index in [2.05, 4.69) is 61.3 Å². The molecule has 1 fully saturated rings. The summed E-state index contributed by atoms with van der Waals surface area (Å²) in [6, 6.07) is 12.7. The summed E-state index contributed by atoms with van der Waals surface area (Å²) in [5.74, 6) is 2.05. The first-order valence-corrected chi connectivity index (χ1v) is 11.1. The molecule has 0 radical (unpaired) electrons. The fraction of sp³-hybridized carbons (Fsp3) is 0.480. The maximum absolute atomic E-state index is 13.0. The van der Waals surface area contributed by atoms with Crippen LogP contribution in [0.1, 0.15) is 61.8 Å². The van der Waals surface area contributed by atoms with E-state index >= 15 is 0 Å². The predicted octanol–water partition coefficient (Wildman–Crippen LogP) is 5.06. The van der Waals surface area contributed by atoms with E-state index in [1.165, 1.54) is 11.1 Å². The van der Waals surface area contributed by atoms with E-state index in [0.29, 0.717) is 25.7 Å². The van der Waals surface area contributed by atoms with Gasteiger partial charge in [0.15, 0.2) is 11.5 Å². The van der Waals surface area contributed by atoms with Crippen LogP contribution in [0.25, 0.3) is 0 Å². The number of rotatable bonds is 5. The molecule has 1 saturated heterocycles. The van der Waals surface area contributed by atoms with Gasteiger partial charge in [-0.1, -0.05) is 38.1 Å². The number of para-hydroxylation sites is 1. The Kier molecular flexibility index (Phi) is 6.28. The second-order valence-electron chi connectivity index (χ2n) is 8.63. The van der Waals surface area contributed by atoms with Crippen molar-refractivity contribution in [2.75, 3.05) is 31.6 Å². The Bertz CT molecular complexity index is 909. The zero-order chi connectivity index (χ0) is 21.1. The Balaban J connectivity index is 1.47. The van der Waals surface area contributed by atoms with Crippen molar-refractivity contribution in [3.8, 4) is 11.5 Å². The van der Waals surface area contributed by atoms with Crippen molar-refractivity contribution >= 4 is 11.6 Å². The minimum atomic E-state index is 0.0486. The van der Waals surface area contributed by atoms with Crippen LogP contribution in [0.15, 0.2) is 36.4 Å². The number of nitrogens with zero attached hydrogens (tertiary/aromatic N) is 1. The lowest BCUT2D eigenvalue weighted by Crippen LogP contribution is -2.33. The van der Waals surface area contributed by atoms with E-state index in [1.807, 2.05) is 6.07 Å². The number of carbonyl (C=O) groups is 1. The van der Waals surface area contributed by atoms with E-state index in [9.17, 15) is 4.79 Å². The highest BCUT2D eigenvalue weighted by Crippen LogP contribution is 2.38. The highest BCUT2D eigenvalue weighted by Gasteiger charge is 2.29. The Hall–Kier alpha value is -2.53. The van der Waals surface area contributed by atoms with Gasteiger partial charge in [0.25, 0.3) is 0 Å². The van der Waals surface area contributed by atoms with Crippen LogP contribution in [0.3, 0.4) is 0 Å². The third-order valence-corrected chi connectivity index (χ3v) is 6.06. The zero-order valence-corrected chi connectivity index (χ0v) is 18.2. The van der Waals surface area contributed by atoms with Crippen LogP contribution in [-0.4, -0.2) is 37.1 Å². The summed E-state index contributed by atoms with van der Waals surface area (Å²) in [5, 5.41) is 3.19. The van der Waals surface area contributed by atoms with Crippen LogP contribution in [0.5, 0.6) is 11.5 Å². The molecule has 2 aromatic carbocycles. The fourth-order valence-corrected chi connectivity index (χ4v) is 4.49. The topological polar surface area (TPSA) is 50.8 Å². The smallest absolute Gasteiger partial charge is 0.238 e. The highest BCUT2D eigenvalue weighted by atomic mass is 16.5.